The number of rotatable bonds is 3. The number of pyridine rings is 1. The Morgan fingerprint density at radius 2 is 1.77 bits per heavy atom. The third-order valence-corrected chi connectivity index (χ3v) is 5.35. The van der Waals surface area contributed by atoms with Crippen molar-refractivity contribution >= 4 is 5.82 Å². The fourth-order valence-electron chi connectivity index (χ4n) is 4.04. The van der Waals surface area contributed by atoms with Crippen LogP contribution in [-0.2, 0) is 12.8 Å². The first-order valence-corrected chi connectivity index (χ1v) is 9.48. The quantitative estimate of drug-likeness (QED) is 0.631. The molecule has 3 aromatic rings. The van der Waals surface area contributed by atoms with Crippen LogP contribution in [0.2, 0.25) is 0 Å². The molecule has 30 heavy (non-hydrogen) atoms. The zero-order valence-electron chi connectivity index (χ0n) is 15.9. The number of nitriles is 1. The van der Waals surface area contributed by atoms with Crippen molar-refractivity contribution in [2.75, 3.05) is 5.73 Å². The van der Waals surface area contributed by atoms with Crippen molar-refractivity contribution in [1.82, 2.24) is 4.98 Å². The highest BCUT2D eigenvalue weighted by Gasteiger charge is 2.31. The Morgan fingerprint density at radius 1 is 1.07 bits per heavy atom. The van der Waals surface area contributed by atoms with Crippen LogP contribution >= 0.6 is 0 Å². The van der Waals surface area contributed by atoms with E-state index in [9.17, 15) is 18.4 Å². The number of anilines is 1. The first kappa shape index (κ1) is 19.8. The Morgan fingerprint density at radius 3 is 2.40 bits per heavy atom. The molecule has 0 fully saturated rings. The highest BCUT2D eigenvalue weighted by atomic mass is 19.4. The van der Waals surface area contributed by atoms with Gasteiger partial charge < -0.3 is 10.5 Å². The van der Waals surface area contributed by atoms with Gasteiger partial charge >= 0.3 is 6.36 Å². The van der Waals surface area contributed by atoms with Gasteiger partial charge in [-0.2, -0.15) is 5.26 Å². The lowest BCUT2D eigenvalue weighted by Crippen LogP contribution is -2.18. The van der Waals surface area contributed by atoms with E-state index in [0.29, 0.717) is 24.0 Å². The molecular formula is C23H18F3N3O. The van der Waals surface area contributed by atoms with Crippen LogP contribution in [-0.4, -0.2) is 11.3 Å². The molecule has 0 radical (unpaired) electrons. The van der Waals surface area contributed by atoms with E-state index < -0.39 is 6.36 Å². The fourth-order valence-corrected chi connectivity index (χ4v) is 4.04. The second kappa shape index (κ2) is 7.71. The number of nitrogens with zero attached hydrogens (tertiary/aromatic N) is 2. The van der Waals surface area contributed by atoms with Crippen LogP contribution in [0, 0.1) is 11.3 Å². The van der Waals surface area contributed by atoms with Crippen LogP contribution in [0.15, 0.2) is 54.6 Å². The highest BCUT2D eigenvalue weighted by Crippen LogP contribution is 2.40. The number of hydrogen-bond donors (Lipinski definition) is 1. The van der Waals surface area contributed by atoms with Crippen molar-refractivity contribution in [2.24, 2.45) is 0 Å². The molecule has 1 unspecified atom stereocenters. The number of alkyl halides is 3. The Balaban J connectivity index is 1.78. The van der Waals surface area contributed by atoms with Gasteiger partial charge in [0.05, 0.1) is 0 Å². The Labute approximate surface area is 171 Å². The van der Waals surface area contributed by atoms with Gasteiger partial charge in [0.25, 0.3) is 0 Å². The molecule has 1 heterocycles. The van der Waals surface area contributed by atoms with Crippen LogP contribution in [0.1, 0.15) is 34.7 Å². The largest absolute Gasteiger partial charge is 0.573 e. The number of nitrogens with two attached hydrogens (primary N) is 1. The molecule has 1 aromatic heterocycles. The van der Waals surface area contributed by atoms with Crippen molar-refractivity contribution in [2.45, 2.75) is 31.5 Å². The molecule has 0 spiro atoms. The molecule has 1 aliphatic carbocycles. The third kappa shape index (κ3) is 3.94. The zero-order valence-corrected chi connectivity index (χ0v) is 15.9. The van der Waals surface area contributed by atoms with Crippen molar-refractivity contribution < 1.29 is 17.9 Å². The van der Waals surface area contributed by atoms with Crippen LogP contribution in [0.25, 0.3) is 11.1 Å². The first-order valence-electron chi connectivity index (χ1n) is 9.48. The SMILES string of the molecule is N#Cc1c(N)nc2c(c1-c1ccc(OC(F)(F)F)cc1)CC(c1ccccc1)CC2. The molecule has 4 rings (SSSR count). The normalized spacial score (nSPS) is 15.9. The van der Waals surface area contributed by atoms with Crippen LogP contribution in [0.3, 0.4) is 0 Å². The van der Waals surface area contributed by atoms with E-state index in [2.05, 4.69) is 27.9 Å². The minimum absolute atomic E-state index is 0.139. The monoisotopic (exact) mass is 409 g/mol. The van der Waals surface area contributed by atoms with E-state index in [1.54, 1.807) is 0 Å². The van der Waals surface area contributed by atoms with Gasteiger partial charge in [-0.1, -0.05) is 42.5 Å². The number of fused-ring (bicyclic) bond motifs is 1. The number of benzene rings is 2. The molecule has 1 aliphatic rings. The number of aryl methyl sites for hydroxylation is 1. The maximum Gasteiger partial charge on any atom is 0.573 e. The maximum atomic E-state index is 12.5. The van der Waals surface area contributed by atoms with Crippen molar-refractivity contribution in [3.8, 4) is 22.9 Å². The summed E-state index contributed by atoms with van der Waals surface area (Å²) in [5.41, 5.74) is 10.5. The minimum atomic E-state index is -4.76. The average Bonchev–Trinajstić information content (AvgIpc) is 2.72. The van der Waals surface area contributed by atoms with Gasteiger partial charge in [0.15, 0.2) is 0 Å². The average molecular weight is 409 g/mol. The van der Waals surface area contributed by atoms with Gasteiger partial charge in [-0.05, 0) is 54.0 Å². The molecule has 0 bridgehead atoms. The van der Waals surface area contributed by atoms with E-state index in [-0.39, 0.29) is 23.0 Å². The Hall–Kier alpha value is -3.53. The Kier molecular flexibility index (Phi) is 5.08. The first-order chi connectivity index (χ1) is 14.4. The minimum Gasteiger partial charge on any atom is -0.406 e. The van der Waals surface area contributed by atoms with Crippen LogP contribution < -0.4 is 10.5 Å². The fraction of sp³-hybridized carbons (Fsp3) is 0.217. The van der Waals surface area contributed by atoms with E-state index in [1.165, 1.54) is 29.8 Å². The number of ether oxygens (including phenoxy) is 1. The summed E-state index contributed by atoms with van der Waals surface area (Å²) in [4.78, 5) is 4.45. The van der Waals surface area contributed by atoms with Crippen molar-refractivity contribution in [3.63, 3.8) is 0 Å². The summed E-state index contributed by atoms with van der Waals surface area (Å²) in [5, 5.41) is 9.71. The van der Waals surface area contributed by atoms with Crippen LogP contribution in [0.5, 0.6) is 5.75 Å². The van der Waals surface area contributed by atoms with Gasteiger partial charge in [0.2, 0.25) is 0 Å². The molecule has 4 nitrogen and oxygen atoms in total. The van der Waals surface area contributed by atoms with Gasteiger partial charge in [-0.25, -0.2) is 4.98 Å². The third-order valence-electron chi connectivity index (χ3n) is 5.35. The predicted molar refractivity (Wildman–Crippen MR) is 107 cm³/mol. The smallest absolute Gasteiger partial charge is 0.406 e. The van der Waals surface area contributed by atoms with Crippen molar-refractivity contribution in [3.05, 3.63) is 77.0 Å². The maximum absolute atomic E-state index is 12.5. The number of halogens is 3. The molecule has 0 amide bonds. The number of aromatic nitrogens is 1. The van der Waals surface area contributed by atoms with E-state index in [0.717, 1.165) is 17.7 Å². The predicted octanol–water partition coefficient (Wildman–Crippen LogP) is 5.37. The van der Waals surface area contributed by atoms with Gasteiger partial charge in [-0.15, -0.1) is 13.2 Å². The van der Waals surface area contributed by atoms with Gasteiger partial charge in [-0.3, -0.25) is 0 Å². The van der Waals surface area contributed by atoms with E-state index >= 15 is 0 Å². The van der Waals surface area contributed by atoms with Crippen LogP contribution in [0.4, 0.5) is 19.0 Å². The topological polar surface area (TPSA) is 71.9 Å². The molecule has 2 aromatic carbocycles. The lowest BCUT2D eigenvalue weighted by molar-refractivity contribution is -0.274. The molecule has 0 aliphatic heterocycles. The molecule has 0 saturated carbocycles. The standard InChI is InChI=1S/C23H18F3N3O/c24-23(25,26)30-17-9-6-15(7-10-17)21-18-12-16(14-4-2-1-3-5-14)8-11-20(18)29-22(28)19(21)13-27/h1-7,9-10,16H,8,11-12H2,(H2,28,29). The lowest BCUT2D eigenvalue weighted by Gasteiger charge is -2.27. The molecule has 7 heteroatoms. The van der Waals surface area contributed by atoms with E-state index in [1.807, 2.05) is 18.2 Å². The highest BCUT2D eigenvalue weighted by molar-refractivity contribution is 5.79. The molecule has 2 N–H and O–H groups in total. The summed E-state index contributed by atoms with van der Waals surface area (Å²) in [7, 11) is 0. The molecule has 152 valence electrons. The zero-order chi connectivity index (χ0) is 21.3. The Bertz CT molecular complexity index is 1100. The summed E-state index contributed by atoms with van der Waals surface area (Å²) in [6.07, 6.45) is -2.46. The summed E-state index contributed by atoms with van der Waals surface area (Å²) >= 11 is 0. The second-order valence-corrected chi connectivity index (χ2v) is 7.21. The number of nitrogen functional groups attached to an aromatic ring is 1. The summed E-state index contributed by atoms with van der Waals surface area (Å²) < 4.78 is 41.4. The molecular weight excluding hydrogens is 391 g/mol. The molecule has 0 saturated heterocycles. The summed E-state index contributed by atoms with van der Waals surface area (Å²) in [6, 6.07) is 17.7. The second-order valence-electron chi connectivity index (χ2n) is 7.21. The van der Waals surface area contributed by atoms with Gasteiger partial charge in [0.1, 0.15) is 23.2 Å². The summed E-state index contributed by atoms with van der Waals surface area (Å²) in [6.45, 7) is 0. The van der Waals surface area contributed by atoms with E-state index in [4.69, 9.17) is 5.73 Å². The van der Waals surface area contributed by atoms with Gasteiger partial charge in [0, 0.05) is 11.3 Å². The summed E-state index contributed by atoms with van der Waals surface area (Å²) in [5.74, 6) is 0.0881. The number of hydrogen-bond acceptors (Lipinski definition) is 4. The van der Waals surface area contributed by atoms with Crippen molar-refractivity contribution in [1.29, 1.82) is 5.26 Å². The lowest BCUT2D eigenvalue weighted by atomic mass is 9.78. The molecule has 1 atom stereocenters.